The Balaban J connectivity index is 2.41. The lowest BCUT2D eigenvalue weighted by Gasteiger charge is -2.20. The van der Waals surface area contributed by atoms with Gasteiger partial charge in [0.1, 0.15) is 5.82 Å². The van der Waals surface area contributed by atoms with Crippen LogP contribution in [0.25, 0.3) is 0 Å². The van der Waals surface area contributed by atoms with Crippen LogP contribution < -0.4 is 0 Å². The van der Waals surface area contributed by atoms with Crippen LogP contribution in [-0.2, 0) is 10.0 Å². The van der Waals surface area contributed by atoms with Gasteiger partial charge in [0, 0.05) is 12.6 Å². The lowest BCUT2D eigenvalue weighted by atomic mass is 10.3. The van der Waals surface area contributed by atoms with E-state index in [1.165, 1.54) is 16.4 Å². The molecule has 1 aliphatic heterocycles. The standard InChI is InChI=1S/C11H13BrFNO2S/c1-8-3-2-6-14(8)17(15,16)9-4-5-10(12)11(13)7-9/h4-5,7-8H,2-3,6H2,1H3. The minimum absolute atomic E-state index is 0.00768. The van der Waals surface area contributed by atoms with E-state index in [0.717, 1.165) is 18.9 Å². The lowest BCUT2D eigenvalue weighted by Crippen LogP contribution is -2.33. The first-order chi connectivity index (χ1) is 7.93. The number of benzene rings is 1. The largest absolute Gasteiger partial charge is 0.243 e. The Hall–Kier alpha value is -0.460. The highest BCUT2D eigenvalue weighted by Crippen LogP contribution is 2.27. The van der Waals surface area contributed by atoms with Gasteiger partial charge in [0.2, 0.25) is 10.0 Å². The molecule has 3 nitrogen and oxygen atoms in total. The second kappa shape index (κ2) is 4.66. The minimum atomic E-state index is -3.55. The van der Waals surface area contributed by atoms with Crippen LogP contribution in [0.4, 0.5) is 4.39 Å². The van der Waals surface area contributed by atoms with Gasteiger partial charge in [0.15, 0.2) is 0 Å². The molecule has 1 saturated heterocycles. The summed E-state index contributed by atoms with van der Waals surface area (Å²) in [6.07, 6.45) is 1.72. The number of hydrogen-bond acceptors (Lipinski definition) is 2. The third-order valence-corrected chi connectivity index (χ3v) is 5.64. The molecule has 0 spiro atoms. The van der Waals surface area contributed by atoms with E-state index in [-0.39, 0.29) is 15.4 Å². The van der Waals surface area contributed by atoms with Crippen molar-refractivity contribution in [1.82, 2.24) is 4.31 Å². The van der Waals surface area contributed by atoms with E-state index in [4.69, 9.17) is 0 Å². The minimum Gasteiger partial charge on any atom is -0.207 e. The van der Waals surface area contributed by atoms with Crippen LogP contribution in [0.15, 0.2) is 27.6 Å². The van der Waals surface area contributed by atoms with E-state index < -0.39 is 15.8 Å². The van der Waals surface area contributed by atoms with Crippen LogP contribution in [0.1, 0.15) is 19.8 Å². The zero-order valence-electron chi connectivity index (χ0n) is 9.36. The fourth-order valence-electron chi connectivity index (χ4n) is 2.04. The summed E-state index contributed by atoms with van der Waals surface area (Å²) in [4.78, 5) is 0.0203. The van der Waals surface area contributed by atoms with Gasteiger partial charge in [-0.25, -0.2) is 12.8 Å². The molecule has 0 N–H and O–H groups in total. The van der Waals surface area contributed by atoms with Gasteiger partial charge in [0.25, 0.3) is 0 Å². The first kappa shape index (κ1) is 13.0. The Morgan fingerprint density at radius 3 is 2.71 bits per heavy atom. The van der Waals surface area contributed by atoms with Crippen molar-refractivity contribution in [3.05, 3.63) is 28.5 Å². The molecule has 0 radical (unpaired) electrons. The Labute approximate surface area is 109 Å². The third-order valence-electron chi connectivity index (χ3n) is 2.99. The summed E-state index contributed by atoms with van der Waals surface area (Å²) in [6, 6.07) is 3.90. The molecule has 1 fully saturated rings. The summed E-state index contributed by atoms with van der Waals surface area (Å²) in [5, 5.41) is 0. The molecule has 17 heavy (non-hydrogen) atoms. The molecule has 1 aromatic carbocycles. The first-order valence-electron chi connectivity index (χ1n) is 5.40. The highest BCUT2D eigenvalue weighted by Gasteiger charge is 2.32. The van der Waals surface area contributed by atoms with Crippen molar-refractivity contribution < 1.29 is 12.8 Å². The SMILES string of the molecule is CC1CCCN1S(=O)(=O)c1ccc(Br)c(F)c1. The maximum absolute atomic E-state index is 13.4. The summed E-state index contributed by atoms with van der Waals surface area (Å²) in [5.74, 6) is -0.557. The average Bonchev–Trinajstić information content (AvgIpc) is 2.69. The number of nitrogens with zero attached hydrogens (tertiary/aromatic N) is 1. The molecule has 1 atom stereocenters. The van der Waals surface area contributed by atoms with Gasteiger partial charge in [-0.3, -0.25) is 0 Å². The van der Waals surface area contributed by atoms with E-state index in [1.807, 2.05) is 6.92 Å². The van der Waals surface area contributed by atoms with Gasteiger partial charge in [-0.05, 0) is 53.9 Å². The second-order valence-electron chi connectivity index (χ2n) is 4.18. The van der Waals surface area contributed by atoms with Gasteiger partial charge < -0.3 is 0 Å². The topological polar surface area (TPSA) is 37.4 Å². The quantitative estimate of drug-likeness (QED) is 0.840. The number of hydrogen-bond donors (Lipinski definition) is 0. The van der Waals surface area contributed by atoms with E-state index in [2.05, 4.69) is 15.9 Å². The maximum Gasteiger partial charge on any atom is 0.243 e. The Morgan fingerprint density at radius 2 is 2.18 bits per heavy atom. The molecular weight excluding hydrogens is 309 g/mol. The molecule has 1 heterocycles. The smallest absolute Gasteiger partial charge is 0.207 e. The van der Waals surface area contributed by atoms with Gasteiger partial charge in [-0.2, -0.15) is 4.31 Å². The summed E-state index contributed by atoms with van der Waals surface area (Å²) in [6.45, 7) is 2.39. The van der Waals surface area contributed by atoms with Crippen molar-refractivity contribution >= 4 is 26.0 Å². The lowest BCUT2D eigenvalue weighted by molar-refractivity contribution is 0.408. The molecule has 6 heteroatoms. The third kappa shape index (κ3) is 2.39. The molecule has 0 bridgehead atoms. The number of sulfonamides is 1. The zero-order valence-corrected chi connectivity index (χ0v) is 11.8. The molecule has 94 valence electrons. The van der Waals surface area contributed by atoms with Crippen LogP contribution in [0.5, 0.6) is 0 Å². The molecule has 2 rings (SSSR count). The second-order valence-corrected chi connectivity index (χ2v) is 6.93. The predicted octanol–water partition coefficient (Wildman–Crippen LogP) is 2.76. The first-order valence-corrected chi connectivity index (χ1v) is 7.63. The van der Waals surface area contributed by atoms with Crippen LogP contribution in [0, 0.1) is 5.82 Å². The van der Waals surface area contributed by atoms with Crippen molar-refractivity contribution in [2.24, 2.45) is 0 Å². The normalized spacial score (nSPS) is 21.9. The predicted molar refractivity (Wildman–Crippen MR) is 66.7 cm³/mol. The van der Waals surface area contributed by atoms with Crippen LogP contribution in [0.2, 0.25) is 0 Å². The fourth-order valence-corrected chi connectivity index (χ4v) is 4.00. The molecule has 1 unspecified atom stereocenters. The van der Waals surface area contributed by atoms with E-state index >= 15 is 0 Å². The molecule has 1 aliphatic rings. The van der Waals surface area contributed by atoms with Gasteiger partial charge in [-0.1, -0.05) is 0 Å². The Morgan fingerprint density at radius 1 is 1.47 bits per heavy atom. The number of halogens is 2. The van der Waals surface area contributed by atoms with Crippen LogP contribution in [-0.4, -0.2) is 25.3 Å². The molecule has 0 amide bonds. The van der Waals surface area contributed by atoms with Crippen molar-refractivity contribution in [2.75, 3.05) is 6.54 Å². The summed E-state index contributed by atoms with van der Waals surface area (Å²) in [5.41, 5.74) is 0. The molecular formula is C11H13BrFNO2S. The van der Waals surface area contributed by atoms with E-state index in [0.29, 0.717) is 6.54 Å². The maximum atomic E-state index is 13.4. The average molecular weight is 322 g/mol. The Kier molecular flexibility index (Phi) is 3.56. The van der Waals surface area contributed by atoms with Crippen LogP contribution in [0.3, 0.4) is 0 Å². The summed E-state index contributed by atoms with van der Waals surface area (Å²) < 4.78 is 39.6. The van der Waals surface area contributed by atoms with Gasteiger partial charge >= 0.3 is 0 Å². The fraction of sp³-hybridized carbons (Fsp3) is 0.455. The van der Waals surface area contributed by atoms with Crippen molar-refractivity contribution in [2.45, 2.75) is 30.7 Å². The van der Waals surface area contributed by atoms with Gasteiger partial charge in [0.05, 0.1) is 9.37 Å². The Bertz CT molecular complexity index is 532. The van der Waals surface area contributed by atoms with E-state index in [9.17, 15) is 12.8 Å². The highest BCUT2D eigenvalue weighted by molar-refractivity contribution is 9.10. The van der Waals surface area contributed by atoms with Crippen molar-refractivity contribution in [3.8, 4) is 0 Å². The van der Waals surface area contributed by atoms with Gasteiger partial charge in [-0.15, -0.1) is 0 Å². The van der Waals surface area contributed by atoms with Crippen LogP contribution >= 0.6 is 15.9 Å². The molecule has 0 saturated carbocycles. The molecule has 1 aromatic rings. The zero-order chi connectivity index (χ0) is 12.6. The van der Waals surface area contributed by atoms with Crippen molar-refractivity contribution in [3.63, 3.8) is 0 Å². The molecule has 0 aliphatic carbocycles. The van der Waals surface area contributed by atoms with E-state index in [1.54, 1.807) is 0 Å². The highest BCUT2D eigenvalue weighted by atomic mass is 79.9. The number of rotatable bonds is 2. The summed E-state index contributed by atoms with van der Waals surface area (Å²) in [7, 11) is -3.55. The monoisotopic (exact) mass is 321 g/mol. The van der Waals surface area contributed by atoms with Crippen molar-refractivity contribution in [1.29, 1.82) is 0 Å². The summed E-state index contributed by atoms with van der Waals surface area (Å²) >= 11 is 3.01. The molecule has 0 aromatic heterocycles.